The number of primary amides is 1. The first-order valence-corrected chi connectivity index (χ1v) is 17.7. The van der Waals surface area contributed by atoms with Crippen LogP contribution in [0.3, 0.4) is 0 Å². The van der Waals surface area contributed by atoms with Gasteiger partial charge in [-0.05, 0) is 48.6 Å². The van der Waals surface area contributed by atoms with Gasteiger partial charge in [0.15, 0.2) is 0 Å². The van der Waals surface area contributed by atoms with Crippen molar-refractivity contribution >= 4 is 37.2 Å². The number of nitrogens with two attached hydrogens (primary N) is 1. The van der Waals surface area contributed by atoms with Crippen molar-refractivity contribution in [2.24, 2.45) is 17.1 Å². The number of rotatable bonds is 7. The maximum atomic E-state index is 14.2. The van der Waals surface area contributed by atoms with Gasteiger partial charge in [-0.25, -0.2) is 0 Å². The van der Waals surface area contributed by atoms with Crippen LogP contribution in [0.1, 0.15) is 94.1 Å². The Morgan fingerprint density at radius 3 is 2.13 bits per heavy atom. The zero-order chi connectivity index (χ0) is 33.5. The summed E-state index contributed by atoms with van der Waals surface area (Å²) in [7, 11) is -4.33. The van der Waals surface area contributed by atoms with Gasteiger partial charge in [0.25, 0.3) is 0 Å². The highest BCUT2D eigenvalue weighted by Gasteiger charge is 2.45. The molecule has 252 valence electrons. The Morgan fingerprint density at radius 2 is 1.54 bits per heavy atom. The zero-order valence-corrected chi connectivity index (χ0v) is 26.8. The minimum Gasteiger partial charge on any atom is -0.481 e. The second kappa shape index (κ2) is 14.9. The first-order valence-electron chi connectivity index (χ1n) is 15.9. The van der Waals surface area contributed by atoms with Gasteiger partial charge in [-0.3, -0.25) is 28.5 Å². The molecule has 1 heterocycles. The topological polar surface area (TPSA) is 225 Å². The molecule has 0 aromatic heterocycles. The van der Waals surface area contributed by atoms with Crippen molar-refractivity contribution in [2.45, 2.75) is 101 Å². The molecule has 0 saturated heterocycles. The molecular formula is C32H45N4O9P. The first kappa shape index (κ1) is 35.3. The second-order valence-electron chi connectivity index (χ2n) is 13.2. The summed E-state index contributed by atoms with van der Waals surface area (Å²) in [5, 5.41) is 18.5. The van der Waals surface area contributed by atoms with E-state index in [0.29, 0.717) is 36.9 Å². The fourth-order valence-electron chi connectivity index (χ4n) is 7.17. The number of hydrogen-bond donors (Lipinski definition) is 7. The molecule has 1 aliphatic heterocycles. The molecule has 3 atom stereocenters. The normalized spacial score (nSPS) is 26.3. The van der Waals surface area contributed by atoms with E-state index in [9.17, 15) is 43.4 Å². The summed E-state index contributed by atoms with van der Waals surface area (Å²) >= 11 is 0. The summed E-state index contributed by atoms with van der Waals surface area (Å²) in [6, 6.07) is 5.14. The third-order valence-corrected chi connectivity index (χ3v) is 10.4. The van der Waals surface area contributed by atoms with Gasteiger partial charge < -0.3 is 36.6 Å². The molecule has 4 amide bonds. The van der Waals surface area contributed by atoms with E-state index in [-0.39, 0.29) is 18.3 Å². The quantitative estimate of drug-likeness (QED) is 0.168. The number of carboxylic acids is 1. The number of amides is 4. The first-order chi connectivity index (χ1) is 21.7. The number of nitrogens with one attached hydrogen (secondary N) is 3. The van der Waals surface area contributed by atoms with Crippen molar-refractivity contribution < 1.29 is 43.4 Å². The average Bonchev–Trinajstić information content (AvgIpc) is 3.45. The Kier molecular flexibility index (Phi) is 11.5. The lowest BCUT2D eigenvalue weighted by molar-refractivity contribution is -0.143. The molecule has 8 N–H and O–H groups in total. The largest absolute Gasteiger partial charge is 0.481 e. The van der Waals surface area contributed by atoms with Gasteiger partial charge in [-0.2, -0.15) is 0 Å². The minimum atomic E-state index is -4.33. The predicted octanol–water partition coefficient (Wildman–Crippen LogP) is 2.35. The lowest BCUT2D eigenvalue weighted by atomic mass is 9.77. The fraction of sp³-hybridized carbons (Fsp3) is 0.594. The number of carboxylic acid groups (broad SMARTS) is 1. The molecule has 46 heavy (non-hydrogen) atoms. The SMILES string of the molecule is NC(=O)CC1NC(=O)C2(CCCCC2)NC(=O)[C@@H](CC(=O)O)[C@@H](c2ccc(CP(=O)(O)O)cc2)/C=C/CC2(CCCC2)CNC1=O. The van der Waals surface area contributed by atoms with Crippen molar-refractivity contribution in [1.82, 2.24) is 16.0 Å². The zero-order valence-electron chi connectivity index (χ0n) is 25.9. The summed E-state index contributed by atoms with van der Waals surface area (Å²) in [4.78, 5) is 84.5. The van der Waals surface area contributed by atoms with Crippen LogP contribution in [-0.2, 0) is 34.7 Å². The van der Waals surface area contributed by atoms with Crippen LogP contribution in [0, 0.1) is 11.3 Å². The Balaban J connectivity index is 1.79. The maximum absolute atomic E-state index is 14.2. The van der Waals surface area contributed by atoms with Gasteiger partial charge in [0.2, 0.25) is 23.6 Å². The molecule has 1 aromatic carbocycles. The molecule has 1 unspecified atom stereocenters. The number of allylic oxidation sites excluding steroid dienone is 2. The van der Waals surface area contributed by atoms with E-state index in [1.165, 1.54) is 0 Å². The molecule has 2 fully saturated rings. The highest BCUT2D eigenvalue weighted by molar-refractivity contribution is 7.50. The van der Waals surface area contributed by atoms with E-state index in [2.05, 4.69) is 16.0 Å². The van der Waals surface area contributed by atoms with E-state index in [1.807, 2.05) is 6.08 Å². The van der Waals surface area contributed by atoms with E-state index in [4.69, 9.17) is 5.73 Å². The number of carbonyl (C=O) groups is 5. The number of benzene rings is 1. The Bertz CT molecular complexity index is 1380. The third-order valence-electron chi connectivity index (χ3n) is 9.65. The van der Waals surface area contributed by atoms with Crippen molar-refractivity contribution in [1.29, 1.82) is 0 Å². The van der Waals surface area contributed by atoms with Crippen LogP contribution in [0.25, 0.3) is 0 Å². The van der Waals surface area contributed by atoms with Gasteiger partial charge in [0.05, 0.1) is 24.9 Å². The van der Waals surface area contributed by atoms with Crippen LogP contribution >= 0.6 is 7.60 Å². The maximum Gasteiger partial charge on any atom is 0.329 e. The van der Waals surface area contributed by atoms with E-state index in [1.54, 1.807) is 30.3 Å². The van der Waals surface area contributed by atoms with Crippen LogP contribution in [-0.4, -0.2) is 62.6 Å². The van der Waals surface area contributed by atoms with Crippen LogP contribution in [0.15, 0.2) is 36.4 Å². The Labute approximate surface area is 268 Å². The van der Waals surface area contributed by atoms with Crippen LogP contribution in [0.2, 0.25) is 0 Å². The van der Waals surface area contributed by atoms with E-state index >= 15 is 0 Å². The van der Waals surface area contributed by atoms with Gasteiger partial charge in [-0.15, -0.1) is 0 Å². The van der Waals surface area contributed by atoms with Crippen molar-refractivity contribution in [3.63, 3.8) is 0 Å². The molecule has 0 radical (unpaired) electrons. The Morgan fingerprint density at radius 1 is 0.913 bits per heavy atom. The molecule has 0 bridgehead atoms. The average molecular weight is 661 g/mol. The van der Waals surface area contributed by atoms with E-state index in [0.717, 1.165) is 32.1 Å². The third kappa shape index (κ3) is 9.27. The fourth-order valence-corrected chi connectivity index (χ4v) is 7.86. The summed E-state index contributed by atoms with van der Waals surface area (Å²) in [5.74, 6) is -5.67. The van der Waals surface area contributed by atoms with Crippen LogP contribution in [0.5, 0.6) is 0 Å². The molecule has 2 spiro atoms. The second-order valence-corrected chi connectivity index (χ2v) is 14.8. The number of hydrogen-bond acceptors (Lipinski definition) is 6. The smallest absolute Gasteiger partial charge is 0.329 e. The predicted molar refractivity (Wildman–Crippen MR) is 168 cm³/mol. The molecule has 1 aromatic rings. The summed E-state index contributed by atoms with van der Waals surface area (Å²) < 4.78 is 11.6. The van der Waals surface area contributed by atoms with Gasteiger partial charge in [-0.1, -0.05) is 68.5 Å². The monoisotopic (exact) mass is 660 g/mol. The highest BCUT2D eigenvalue weighted by atomic mass is 31.2. The summed E-state index contributed by atoms with van der Waals surface area (Å²) in [6.45, 7) is 0.296. The van der Waals surface area contributed by atoms with Crippen molar-refractivity contribution in [3.8, 4) is 0 Å². The summed E-state index contributed by atoms with van der Waals surface area (Å²) in [6.07, 6.45) is 8.89. The van der Waals surface area contributed by atoms with Crippen molar-refractivity contribution in [2.75, 3.05) is 6.54 Å². The standard InChI is InChI=1S/C32H45N4O9P/c33-26(37)18-25-29(41)34-20-31(12-4-5-13-31)14-6-7-23(22-10-8-21(9-11-22)19-46(43,44)45)24(17-27(38)39)28(40)36-32(30(42)35-25)15-2-1-3-16-32/h6-11,23-25H,1-5,12-20H2,(H2,33,37)(H,34,41)(H,35,42)(H,36,40)(H,38,39)(H2,43,44,45)/b7-6+/t23-,24+,25?/m1/s1. The number of aliphatic carboxylic acids is 1. The molecular weight excluding hydrogens is 615 g/mol. The molecule has 13 nitrogen and oxygen atoms in total. The molecule has 2 saturated carbocycles. The van der Waals surface area contributed by atoms with Crippen molar-refractivity contribution in [3.05, 3.63) is 47.5 Å². The van der Waals surface area contributed by atoms with Crippen LogP contribution in [0.4, 0.5) is 0 Å². The lowest BCUT2D eigenvalue weighted by Gasteiger charge is -2.39. The highest BCUT2D eigenvalue weighted by Crippen LogP contribution is 2.42. The van der Waals surface area contributed by atoms with E-state index < -0.39 is 79.6 Å². The van der Waals surface area contributed by atoms with Gasteiger partial charge in [0.1, 0.15) is 11.6 Å². The van der Waals surface area contributed by atoms with Gasteiger partial charge in [0, 0.05) is 12.5 Å². The minimum absolute atomic E-state index is 0.260. The molecule has 3 aliphatic rings. The Hall–Kier alpha value is -3.54. The number of carbonyl (C=O) groups excluding carboxylic acids is 4. The summed E-state index contributed by atoms with van der Waals surface area (Å²) in [5.41, 5.74) is 4.67. The molecule has 4 rings (SSSR count). The van der Waals surface area contributed by atoms with Gasteiger partial charge >= 0.3 is 13.6 Å². The lowest BCUT2D eigenvalue weighted by Crippen LogP contribution is -2.64. The molecule has 14 heteroatoms. The van der Waals surface area contributed by atoms with Crippen LogP contribution < -0.4 is 21.7 Å². The molecule has 2 aliphatic carbocycles.